The van der Waals surface area contributed by atoms with Gasteiger partial charge < -0.3 is 15.0 Å². The molecule has 236 valence electrons. The smallest absolute Gasteiger partial charge is 0.406 e. The number of amidine groups is 1. The molecule has 0 radical (unpaired) electrons. The van der Waals surface area contributed by atoms with E-state index in [9.17, 15) is 18.0 Å². The lowest BCUT2D eigenvalue weighted by atomic mass is 9.95. The van der Waals surface area contributed by atoms with Gasteiger partial charge in [-0.05, 0) is 72.7 Å². The molecule has 3 aromatic carbocycles. The summed E-state index contributed by atoms with van der Waals surface area (Å²) in [5.74, 6) is 1.39. The third-order valence-corrected chi connectivity index (χ3v) is 8.52. The first kappa shape index (κ1) is 32.1. The average molecular weight is 637 g/mol. The third kappa shape index (κ3) is 7.86. The Kier molecular flexibility index (Phi) is 9.81. The number of hydrogen-bond donors (Lipinski definition) is 1. The fraction of sp³-hybridized carbons (Fsp3) is 0.333. The van der Waals surface area contributed by atoms with E-state index in [0.29, 0.717) is 29.0 Å². The number of halogens is 3. The van der Waals surface area contributed by atoms with E-state index in [1.165, 1.54) is 46.4 Å². The fourth-order valence-corrected chi connectivity index (χ4v) is 6.35. The Labute approximate surface area is 264 Å². The number of benzene rings is 3. The number of thioether (sulfide) groups is 1. The third-order valence-electron chi connectivity index (χ3n) is 7.46. The van der Waals surface area contributed by atoms with Crippen molar-refractivity contribution in [1.29, 1.82) is 0 Å². The predicted octanol–water partition coefficient (Wildman–Crippen LogP) is 8.42. The molecule has 8 nitrogen and oxygen atoms in total. The highest BCUT2D eigenvalue weighted by atomic mass is 32.2. The molecule has 1 unspecified atom stereocenters. The molecule has 0 bridgehead atoms. The highest BCUT2D eigenvalue weighted by Gasteiger charge is 2.31. The van der Waals surface area contributed by atoms with Crippen molar-refractivity contribution in [3.63, 3.8) is 0 Å². The van der Waals surface area contributed by atoms with E-state index in [2.05, 4.69) is 69.0 Å². The monoisotopic (exact) mass is 636 g/mol. The van der Waals surface area contributed by atoms with Crippen LogP contribution in [0, 0.1) is 6.92 Å². The summed E-state index contributed by atoms with van der Waals surface area (Å²) < 4.78 is 42.8. The van der Waals surface area contributed by atoms with Gasteiger partial charge in [0.25, 0.3) is 0 Å². The molecule has 1 aromatic heterocycles. The van der Waals surface area contributed by atoms with Gasteiger partial charge >= 0.3 is 12.4 Å². The maximum absolute atomic E-state index is 13.2. The van der Waals surface area contributed by atoms with E-state index < -0.39 is 6.36 Å². The summed E-state index contributed by atoms with van der Waals surface area (Å²) in [6, 6.07) is 18.6. The van der Waals surface area contributed by atoms with Crippen LogP contribution in [-0.4, -0.2) is 44.6 Å². The van der Waals surface area contributed by atoms with Crippen molar-refractivity contribution in [3.05, 3.63) is 89.7 Å². The number of anilines is 1. The minimum atomic E-state index is -4.75. The van der Waals surface area contributed by atoms with Crippen LogP contribution in [0.2, 0.25) is 0 Å². The number of nitrogens with zero attached hydrogens (tertiary/aromatic N) is 5. The van der Waals surface area contributed by atoms with E-state index in [-0.39, 0.29) is 17.8 Å². The number of amides is 2. The largest absolute Gasteiger partial charge is 0.573 e. The maximum Gasteiger partial charge on any atom is 0.573 e. The Morgan fingerprint density at radius 1 is 1.09 bits per heavy atom. The van der Waals surface area contributed by atoms with Crippen LogP contribution in [0.3, 0.4) is 0 Å². The van der Waals surface area contributed by atoms with Crippen LogP contribution >= 0.6 is 11.8 Å². The second-order valence-electron chi connectivity index (χ2n) is 11.0. The second kappa shape index (κ2) is 13.8. The summed E-state index contributed by atoms with van der Waals surface area (Å²) >= 11 is 1.60. The Morgan fingerprint density at radius 3 is 2.49 bits per heavy atom. The second-order valence-corrected chi connectivity index (χ2v) is 12.1. The van der Waals surface area contributed by atoms with Crippen molar-refractivity contribution in [3.8, 4) is 22.8 Å². The summed E-state index contributed by atoms with van der Waals surface area (Å²) in [5, 5.41) is 8.25. The molecule has 1 aliphatic heterocycles. The van der Waals surface area contributed by atoms with Crippen molar-refractivity contribution < 1.29 is 22.7 Å². The Bertz CT molecular complexity index is 1650. The predicted molar refractivity (Wildman–Crippen MR) is 172 cm³/mol. The Morgan fingerprint density at radius 2 is 1.82 bits per heavy atom. The summed E-state index contributed by atoms with van der Waals surface area (Å²) in [4.78, 5) is 24.3. The zero-order valence-corrected chi connectivity index (χ0v) is 26.3. The first-order valence-corrected chi connectivity index (χ1v) is 15.8. The van der Waals surface area contributed by atoms with Gasteiger partial charge in [0.1, 0.15) is 12.1 Å². The summed E-state index contributed by atoms with van der Waals surface area (Å²) in [7, 11) is 0. The molecule has 4 aromatic rings. The van der Waals surface area contributed by atoms with Crippen LogP contribution in [-0.2, 0) is 0 Å². The van der Waals surface area contributed by atoms with E-state index >= 15 is 0 Å². The number of carbonyl (C=O) groups is 1. The molecule has 0 spiro atoms. The first-order chi connectivity index (χ1) is 21.5. The standard InChI is InChI=1S/C33H35F3N6O2S/c1-5-27(38-31(43)39-32-41(18-7-19-45-32)28-9-6-8-22(4)29(28)21(2)3)23-10-12-24(13-11-23)30-37-20-42(40-30)25-14-16-26(17-15-25)44-33(34,35)36/h6,8-17,20-21,27H,5,7,18-19H2,1-4H3,(H,38,43). The van der Waals surface area contributed by atoms with Gasteiger partial charge in [-0.25, -0.2) is 14.5 Å². The van der Waals surface area contributed by atoms with Gasteiger partial charge in [-0.2, -0.15) is 4.99 Å². The molecule has 0 aliphatic carbocycles. The van der Waals surface area contributed by atoms with E-state index in [1.54, 1.807) is 11.8 Å². The number of nitrogens with one attached hydrogen (secondary N) is 1. The number of aliphatic imine (C=N–C) groups is 1. The minimum absolute atomic E-state index is 0.244. The van der Waals surface area contributed by atoms with Crippen molar-refractivity contribution in [2.45, 2.75) is 58.9 Å². The lowest BCUT2D eigenvalue weighted by Crippen LogP contribution is -2.37. The summed E-state index contributed by atoms with van der Waals surface area (Å²) in [6.45, 7) is 9.30. The summed E-state index contributed by atoms with van der Waals surface area (Å²) in [6.07, 6.45) is -1.58. The quantitative estimate of drug-likeness (QED) is 0.209. The van der Waals surface area contributed by atoms with E-state index in [1.807, 2.05) is 31.2 Å². The van der Waals surface area contributed by atoms with Crippen LogP contribution in [0.25, 0.3) is 17.1 Å². The lowest BCUT2D eigenvalue weighted by Gasteiger charge is -2.32. The number of urea groups is 1. The van der Waals surface area contributed by atoms with E-state index in [0.717, 1.165) is 35.5 Å². The highest BCUT2D eigenvalue weighted by molar-refractivity contribution is 8.14. The zero-order chi connectivity index (χ0) is 32.1. The van der Waals surface area contributed by atoms with Crippen molar-refractivity contribution in [1.82, 2.24) is 20.1 Å². The number of aryl methyl sites for hydroxylation is 1. The first-order valence-electron chi connectivity index (χ1n) is 14.8. The van der Waals surface area contributed by atoms with Gasteiger partial charge in [0, 0.05) is 23.5 Å². The van der Waals surface area contributed by atoms with Gasteiger partial charge in [0.05, 0.1) is 11.7 Å². The molecule has 2 amide bonds. The van der Waals surface area contributed by atoms with Gasteiger partial charge in [-0.1, -0.05) is 68.9 Å². The molecule has 45 heavy (non-hydrogen) atoms. The van der Waals surface area contributed by atoms with Crippen LogP contribution in [0.4, 0.5) is 23.7 Å². The normalized spacial score (nSPS) is 15.4. The van der Waals surface area contributed by atoms with Crippen molar-refractivity contribution >= 4 is 28.6 Å². The number of aromatic nitrogens is 3. The lowest BCUT2D eigenvalue weighted by molar-refractivity contribution is -0.274. The highest BCUT2D eigenvalue weighted by Crippen LogP contribution is 2.34. The molecular weight excluding hydrogens is 601 g/mol. The van der Waals surface area contributed by atoms with Gasteiger partial charge in [-0.3, -0.25) is 0 Å². The number of hydrogen-bond acceptors (Lipinski definition) is 5. The van der Waals surface area contributed by atoms with Gasteiger partial charge in [0.2, 0.25) is 0 Å². The van der Waals surface area contributed by atoms with Gasteiger partial charge in [-0.15, -0.1) is 18.3 Å². The molecule has 5 rings (SSSR count). The molecule has 1 saturated heterocycles. The zero-order valence-electron chi connectivity index (χ0n) is 25.5. The molecule has 1 atom stereocenters. The average Bonchev–Trinajstić information content (AvgIpc) is 3.50. The number of rotatable bonds is 8. The number of carbonyl (C=O) groups excluding carboxylic acids is 1. The van der Waals surface area contributed by atoms with Gasteiger partial charge in [0.15, 0.2) is 11.0 Å². The Hall–Kier alpha value is -4.32. The van der Waals surface area contributed by atoms with Crippen LogP contribution in [0.5, 0.6) is 5.75 Å². The fourth-order valence-electron chi connectivity index (χ4n) is 5.40. The number of alkyl halides is 3. The molecule has 0 saturated carbocycles. The van der Waals surface area contributed by atoms with Crippen LogP contribution < -0.4 is 15.0 Å². The topological polar surface area (TPSA) is 84.6 Å². The van der Waals surface area contributed by atoms with Crippen molar-refractivity contribution in [2.24, 2.45) is 4.99 Å². The van der Waals surface area contributed by atoms with Crippen molar-refractivity contribution in [2.75, 3.05) is 17.2 Å². The maximum atomic E-state index is 13.2. The molecule has 1 N–H and O–H groups in total. The molecule has 2 heterocycles. The number of ether oxygens (including phenoxy) is 1. The van der Waals surface area contributed by atoms with Crippen LogP contribution in [0.1, 0.15) is 62.3 Å². The molecule has 12 heteroatoms. The van der Waals surface area contributed by atoms with Crippen LogP contribution in [0.15, 0.2) is 78.0 Å². The Balaban J connectivity index is 1.27. The molecular formula is C33H35F3N6O2S. The molecule has 1 fully saturated rings. The minimum Gasteiger partial charge on any atom is -0.406 e. The SMILES string of the molecule is CCC(NC(=O)N=C1SCCCN1c1cccc(C)c1C(C)C)c1ccc(-c2ncn(-c3ccc(OC(F)(F)F)cc3)n2)cc1. The molecule has 1 aliphatic rings. The van der Waals surface area contributed by atoms with E-state index in [4.69, 9.17) is 0 Å². The summed E-state index contributed by atoms with van der Waals surface area (Å²) in [5.41, 5.74) is 5.81.